The first-order valence-corrected chi connectivity index (χ1v) is 9.10. The van der Waals surface area contributed by atoms with Gasteiger partial charge in [-0.2, -0.15) is 0 Å². The Morgan fingerprint density at radius 3 is 2.60 bits per heavy atom. The van der Waals surface area contributed by atoms with Gasteiger partial charge in [0.15, 0.2) is 0 Å². The van der Waals surface area contributed by atoms with Crippen molar-refractivity contribution in [1.29, 1.82) is 0 Å². The Hall–Kier alpha value is -2.24. The molecule has 3 rings (SSSR count). The first-order valence-electron chi connectivity index (χ1n) is 9.10. The quantitative estimate of drug-likeness (QED) is 0.807. The van der Waals surface area contributed by atoms with Crippen LogP contribution in [0.1, 0.15) is 56.4 Å². The van der Waals surface area contributed by atoms with Crippen LogP contribution in [0.15, 0.2) is 28.9 Å². The average molecular weight is 342 g/mol. The van der Waals surface area contributed by atoms with Gasteiger partial charge < -0.3 is 9.32 Å². The zero-order valence-corrected chi connectivity index (χ0v) is 15.0. The lowest BCUT2D eigenvalue weighted by atomic mass is 9.90. The van der Waals surface area contributed by atoms with Gasteiger partial charge in [-0.3, -0.25) is 9.78 Å². The molecule has 2 aromatic rings. The summed E-state index contributed by atoms with van der Waals surface area (Å²) in [5, 5.41) is 8.03. The van der Waals surface area contributed by atoms with Crippen molar-refractivity contribution in [2.45, 2.75) is 51.9 Å². The minimum absolute atomic E-state index is 0.187. The summed E-state index contributed by atoms with van der Waals surface area (Å²) in [6.45, 7) is 5.71. The van der Waals surface area contributed by atoms with E-state index >= 15 is 0 Å². The van der Waals surface area contributed by atoms with Crippen molar-refractivity contribution in [3.8, 4) is 0 Å². The van der Waals surface area contributed by atoms with Crippen LogP contribution in [0.25, 0.3) is 0 Å². The molecule has 2 aromatic heterocycles. The summed E-state index contributed by atoms with van der Waals surface area (Å²) in [6.07, 6.45) is 7.85. The number of amides is 1. The highest BCUT2D eigenvalue weighted by Gasteiger charge is 2.23. The van der Waals surface area contributed by atoms with Crippen molar-refractivity contribution in [2.24, 2.45) is 5.92 Å². The Morgan fingerprint density at radius 2 is 1.96 bits per heavy atom. The summed E-state index contributed by atoms with van der Waals surface area (Å²) in [4.78, 5) is 18.4. The van der Waals surface area contributed by atoms with Crippen molar-refractivity contribution >= 4 is 5.91 Å². The van der Waals surface area contributed by atoms with Gasteiger partial charge in [-0.05, 0) is 42.9 Å². The molecule has 1 amide bonds. The first-order chi connectivity index (χ1) is 12.1. The third kappa shape index (κ3) is 4.87. The van der Waals surface area contributed by atoms with E-state index in [1.807, 2.05) is 31.1 Å². The molecule has 0 bridgehead atoms. The number of aryl methyl sites for hydroxylation is 1. The number of aromatic nitrogens is 3. The molecule has 0 unspecified atom stereocenters. The molecule has 3 heterocycles. The molecule has 0 radical (unpaired) electrons. The molecule has 0 atom stereocenters. The van der Waals surface area contributed by atoms with Gasteiger partial charge in [-0.1, -0.05) is 13.8 Å². The number of carbonyl (C=O) groups excluding carboxylic acids is 1. The van der Waals surface area contributed by atoms with E-state index in [2.05, 4.69) is 27.3 Å². The molecule has 1 saturated heterocycles. The topological polar surface area (TPSA) is 72.1 Å². The number of hydrogen-bond donors (Lipinski definition) is 0. The molecule has 134 valence electrons. The minimum atomic E-state index is 0.187. The van der Waals surface area contributed by atoms with Crippen LogP contribution in [0.3, 0.4) is 0 Å². The maximum atomic E-state index is 12.4. The molecule has 1 fully saturated rings. The van der Waals surface area contributed by atoms with Crippen LogP contribution in [0, 0.1) is 5.92 Å². The number of likely N-dealkylation sites (tertiary alicyclic amines) is 1. The van der Waals surface area contributed by atoms with Gasteiger partial charge in [0, 0.05) is 44.2 Å². The summed E-state index contributed by atoms with van der Waals surface area (Å²) >= 11 is 0. The van der Waals surface area contributed by atoms with Gasteiger partial charge in [-0.15, -0.1) is 10.2 Å². The summed E-state index contributed by atoms with van der Waals surface area (Å²) in [6, 6.07) is 4.15. The highest BCUT2D eigenvalue weighted by molar-refractivity contribution is 5.76. The molecule has 25 heavy (non-hydrogen) atoms. The van der Waals surface area contributed by atoms with Gasteiger partial charge >= 0.3 is 0 Å². The van der Waals surface area contributed by atoms with E-state index in [9.17, 15) is 4.79 Å². The largest absolute Gasteiger partial charge is 0.425 e. The lowest BCUT2D eigenvalue weighted by Gasteiger charge is -2.32. The number of rotatable bonds is 6. The molecule has 1 aliphatic heterocycles. The van der Waals surface area contributed by atoms with E-state index in [0.29, 0.717) is 30.5 Å². The minimum Gasteiger partial charge on any atom is -0.425 e. The highest BCUT2D eigenvalue weighted by atomic mass is 16.4. The molecule has 0 N–H and O–H groups in total. The Bertz CT molecular complexity index is 676. The van der Waals surface area contributed by atoms with E-state index in [1.54, 1.807) is 0 Å². The Balaban J connectivity index is 1.42. The summed E-state index contributed by atoms with van der Waals surface area (Å²) in [5.74, 6) is 2.25. The smallest absolute Gasteiger partial charge is 0.223 e. The average Bonchev–Trinajstić information content (AvgIpc) is 3.11. The zero-order valence-electron chi connectivity index (χ0n) is 15.0. The molecule has 6 heteroatoms. The molecular formula is C19H26N4O2. The van der Waals surface area contributed by atoms with Gasteiger partial charge in [0.25, 0.3) is 0 Å². The van der Waals surface area contributed by atoms with Crippen LogP contribution in [0.2, 0.25) is 0 Å². The van der Waals surface area contributed by atoms with Gasteiger partial charge in [-0.25, -0.2) is 0 Å². The van der Waals surface area contributed by atoms with E-state index in [1.165, 1.54) is 5.56 Å². The number of carbonyl (C=O) groups is 1. The Morgan fingerprint density at radius 1 is 1.24 bits per heavy atom. The predicted molar refractivity (Wildman–Crippen MR) is 94.0 cm³/mol. The number of pyridine rings is 1. The van der Waals surface area contributed by atoms with Crippen LogP contribution >= 0.6 is 0 Å². The fourth-order valence-electron chi connectivity index (χ4n) is 3.21. The van der Waals surface area contributed by atoms with Crippen LogP contribution in [0.4, 0.5) is 0 Å². The second-order valence-electron chi connectivity index (χ2n) is 7.07. The lowest BCUT2D eigenvalue weighted by molar-refractivity contribution is -0.132. The number of nitrogens with zero attached hydrogens (tertiary/aromatic N) is 4. The van der Waals surface area contributed by atoms with Crippen LogP contribution in [-0.2, 0) is 17.6 Å². The standard InChI is InChI=1S/C19H26N4O2/c1-14(2)19-22-21-17(25-19)3-4-18(24)23-11-7-16(8-12-23)13-15-5-9-20-10-6-15/h5-6,9-10,14,16H,3-4,7-8,11-13H2,1-2H3. The van der Waals surface area contributed by atoms with Crippen molar-refractivity contribution in [3.05, 3.63) is 41.9 Å². The van der Waals surface area contributed by atoms with Gasteiger partial charge in [0.2, 0.25) is 17.7 Å². The van der Waals surface area contributed by atoms with Crippen molar-refractivity contribution in [2.75, 3.05) is 13.1 Å². The lowest BCUT2D eigenvalue weighted by Crippen LogP contribution is -2.39. The molecule has 0 aliphatic carbocycles. The Labute approximate surface area is 148 Å². The zero-order chi connectivity index (χ0) is 17.6. The van der Waals surface area contributed by atoms with Crippen molar-refractivity contribution in [1.82, 2.24) is 20.1 Å². The predicted octanol–water partition coefficient (Wildman–Crippen LogP) is 3.00. The van der Waals surface area contributed by atoms with Crippen LogP contribution in [-0.4, -0.2) is 39.1 Å². The fraction of sp³-hybridized carbons (Fsp3) is 0.579. The molecule has 0 spiro atoms. The summed E-state index contributed by atoms with van der Waals surface area (Å²) in [7, 11) is 0. The third-order valence-electron chi connectivity index (χ3n) is 4.77. The molecule has 1 aliphatic rings. The molecule has 6 nitrogen and oxygen atoms in total. The highest BCUT2D eigenvalue weighted by Crippen LogP contribution is 2.22. The van der Waals surface area contributed by atoms with Gasteiger partial charge in [0.05, 0.1) is 0 Å². The summed E-state index contributed by atoms with van der Waals surface area (Å²) in [5.41, 5.74) is 1.33. The van der Waals surface area contributed by atoms with Crippen LogP contribution in [0.5, 0.6) is 0 Å². The van der Waals surface area contributed by atoms with Crippen LogP contribution < -0.4 is 0 Å². The number of hydrogen-bond acceptors (Lipinski definition) is 5. The molecule has 0 aromatic carbocycles. The summed E-state index contributed by atoms with van der Waals surface area (Å²) < 4.78 is 5.57. The maximum absolute atomic E-state index is 12.4. The second-order valence-corrected chi connectivity index (χ2v) is 7.07. The van der Waals surface area contributed by atoms with E-state index in [-0.39, 0.29) is 11.8 Å². The monoisotopic (exact) mass is 342 g/mol. The van der Waals surface area contributed by atoms with E-state index in [4.69, 9.17) is 4.42 Å². The molecule has 0 saturated carbocycles. The van der Waals surface area contributed by atoms with E-state index in [0.717, 1.165) is 32.4 Å². The third-order valence-corrected chi connectivity index (χ3v) is 4.77. The number of piperidine rings is 1. The van der Waals surface area contributed by atoms with Crippen molar-refractivity contribution < 1.29 is 9.21 Å². The maximum Gasteiger partial charge on any atom is 0.223 e. The normalized spacial score (nSPS) is 15.7. The van der Waals surface area contributed by atoms with Gasteiger partial charge in [0.1, 0.15) is 0 Å². The van der Waals surface area contributed by atoms with E-state index < -0.39 is 0 Å². The first kappa shape index (κ1) is 17.6. The second kappa shape index (κ2) is 8.23. The fourth-order valence-corrected chi connectivity index (χ4v) is 3.21. The Kier molecular flexibility index (Phi) is 5.79. The molecular weight excluding hydrogens is 316 g/mol. The van der Waals surface area contributed by atoms with Crippen molar-refractivity contribution in [3.63, 3.8) is 0 Å². The SMILES string of the molecule is CC(C)c1nnc(CCC(=O)N2CCC(Cc3ccncc3)CC2)o1.